The molecule has 0 heterocycles. The number of carbonyl (C=O) groups excluding carboxylic acids is 1. The van der Waals surface area contributed by atoms with Crippen LogP contribution < -0.4 is 10.5 Å². The molecule has 4 nitrogen and oxygen atoms in total. The molecule has 0 radical (unpaired) electrons. The average Bonchev–Trinajstić information content (AvgIpc) is 2.73. The number of esters is 1. The van der Waals surface area contributed by atoms with Gasteiger partial charge in [-0.1, -0.05) is 48.5 Å². The summed E-state index contributed by atoms with van der Waals surface area (Å²) in [5.74, 6) is -0.378. The van der Waals surface area contributed by atoms with Crippen LogP contribution in [0.4, 0.5) is 18.9 Å². The number of benzene rings is 3. The first kappa shape index (κ1) is 21.0. The Bertz CT molecular complexity index is 1050. The summed E-state index contributed by atoms with van der Waals surface area (Å²) >= 11 is 0. The zero-order chi connectivity index (χ0) is 21.6. The molecule has 0 aliphatic carbocycles. The van der Waals surface area contributed by atoms with Crippen LogP contribution in [0, 0.1) is 0 Å². The van der Waals surface area contributed by atoms with Crippen molar-refractivity contribution in [2.24, 2.45) is 0 Å². The summed E-state index contributed by atoms with van der Waals surface area (Å²) in [4.78, 5) is 11.9. The summed E-state index contributed by atoms with van der Waals surface area (Å²) in [5, 5.41) is 0. The van der Waals surface area contributed by atoms with Gasteiger partial charge in [0.15, 0.2) is 5.75 Å². The lowest BCUT2D eigenvalue weighted by molar-refractivity contribution is -0.139. The highest BCUT2D eigenvalue weighted by Crippen LogP contribution is 2.35. The molecule has 0 aromatic heterocycles. The minimum absolute atomic E-state index is 0.0000691. The Kier molecular flexibility index (Phi) is 6.41. The van der Waals surface area contributed by atoms with E-state index in [1.165, 1.54) is 30.4 Å². The number of para-hydroxylation sites is 1. The summed E-state index contributed by atoms with van der Waals surface area (Å²) < 4.78 is 49.3. The predicted octanol–water partition coefficient (Wildman–Crippen LogP) is 5.84. The Morgan fingerprint density at radius 1 is 0.967 bits per heavy atom. The molecule has 154 valence electrons. The summed E-state index contributed by atoms with van der Waals surface area (Å²) in [7, 11) is 0. The van der Waals surface area contributed by atoms with Crippen molar-refractivity contribution in [2.45, 2.75) is 12.8 Å². The number of hydrogen-bond donors (Lipinski definition) is 1. The zero-order valence-corrected chi connectivity index (χ0v) is 15.7. The van der Waals surface area contributed by atoms with E-state index in [0.29, 0.717) is 5.56 Å². The van der Waals surface area contributed by atoms with Crippen LogP contribution in [0.1, 0.15) is 16.7 Å². The monoisotopic (exact) mass is 413 g/mol. The second-order valence-corrected chi connectivity index (χ2v) is 6.31. The maximum atomic E-state index is 12.9. The van der Waals surface area contributed by atoms with E-state index in [4.69, 9.17) is 15.2 Å². The van der Waals surface area contributed by atoms with Gasteiger partial charge >= 0.3 is 12.1 Å². The summed E-state index contributed by atoms with van der Waals surface area (Å²) in [6.07, 6.45) is -1.79. The third-order valence-corrected chi connectivity index (χ3v) is 4.11. The molecule has 0 amide bonds. The highest BCUT2D eigenvalue weighted by atomic mass is 19.4. The molecule has 0 saturated carbocycles. The van der Waals surface area contributed by atoms with Gasteiger partial charge in [0.25, 0.3) is 0 Å². The molecule has 0 spiro atoms. The van der Waals surface area contributed by atoms with E-state index in [-0.39, 0.29) is 23.8 Å². The number of alkyl halides is 3. The average molecular weight is 413 g/mol. The lowest BCUT2D eigenvalue weighted by Crippen LogP contribution is -2.04. The largest absolute Gasteiger partial charge is 0.458 e. The number of hydrogen-bond acceptors (Lipinski definition) is 4. The standard InChI is InChI=1S/C23H18F3NO3/c24-23(25,26)18-9-5-10-19(14-18)30-20-11-4-8-17(22(20)27)12-13-21(28)29-15-16-6-2-1-3-7-16/h1-14H,15,27H2. The fourth-order valence-electron chi connectivity index (χ4n) is 2.59. The van der Waals surface area contributed by atoms with Crippen LogP contribution in [0.2, 0.25) is 0 Å². The molecule has 3 aromatic rings. The fraction of sp³-hybridized carbons (Fsp3) is 0.0870. The van der Waals surface area contributed by atoms with Gasteiger partial charge < -0.3 is 15.2 Å². The molecular formula is C23H18F3NO3. The molecule has 2 N–H and O–H groups in total. The van der Waals surface area contributed by atoms with Gasteiger partial charge in [0, 0.05) is 11.6 Å². The van der Waals surface area contributed by atoms with Gasteiger partial charge in [0.1, 0.15) is 12.4 Å². The van der Waals surface area contributed by atoms with Gasteiger partial charge in [-0.05, 0) is 35.9 Å². The minimum atomic E-state index is -4.48. The Balaban J connectivity index is 1.69. The van der Waals surface area contributed by atoms with Crippen molar-refractivity contribution in [3.63, 3.8) is 0 Å². The zero-order valence-electron chi connectivity index (χ0n) is 15.7. The van der Waals surface area contributed by atoms with E-state index < -0.39 is 17.7 Å². The van der Waals surface area contributed by atoms with E-state index in [2.05, 4.69) is 0 Å². The first-order valence-corrected chi connectivity index (χ1v) is 8.95. The number of ether oxygens (including phenoxy) is 2. The van der Waals surface area contributed by atoms with Gasteiger partial charge in [0.05, 0.1) is 11.3 Å². The van der Waals surface area contributed by atoms with Gasteiger partial charge in [-0.2, -0.15) is 13.2 Å². The minimum Gasteiger partial charge on any atom is -0.458 e. The van der Waals surface area contributed by atoms with Crippen molar-refractivity contribution >= 4 is 17.7 Å². The Hall–Kier alpha value is -3.74. The topological polar surface area (TPSA) is 61.6 Å². The number of carbonyl (C=O) groups is 1. The van der Waals surface area contributed by atoms with Crippen molar-refractivity contribution in [2.75, 3.05) is 5.73 Å². The van der Waals surface area contributed by atoms with E-state index in [1.54, 1.807) is 12.1 Å². The van der Waals surface area contributed by atoms with E-state index in [9.17, 15) is 18.0 Å². The summed E-state index contributed by atoms with van der Waals surface area (Å²) in [6, 6.07) is 18.5. The third-order valence-electron chi connectivity index (χ3n) is 4.11. The molecule has 7 heteroatoms. The highest BCUT2D eigenvalue weighted by Gasteiger charge is 2.30. The lowest BCUT2D eigenvalue weighted by Gasteiger charge is -2.12. The molecule has 3 rings (SSSR count). The lowest BCUT2D eigenvalue weighted by atomic mass is 10.1. The second kappa shape index (κ2) is 9.17. The van der Waals surface area contributed by atoms with Crippen LogP contribution in [0.25, 0.3) is 6.08 Å². The SMILES string of the molecule is Nc1c(C=CC(=O)OCc2ccccc2)cccc1Oc1cccc(C(F)(F)F)c1. The first-order chi connectivity index (χ1) is 14.3. The van der Waals surface area contributed by atoms with Gasteiger partial charge in [0.2, 0.25) is 0 Å². The van der Waals surface area contributed by atoms with Crippen molar-refractivity contribution in [3.05, 3.63) is 95.6 Å². The molecule has 0 bridgehead atoms. The molecule has 0 aliphatic rings. The molecule has 3 aromatic carbocycles. The van der Waals surface area contributed by atoms with Crippen LogP contribution in [0.3, 0.4) is 0 Å². The van der Waals surface area contributed by atoms with Crippen LogP contribution >= 0.6 is 0 Å². The number of halogens is 3. The van der Waals surface area contributed by atoms with Gasteiger partial charge in [-0.3, -0.25) is 0 Å². The number of anilines is 1. The van der Waals surface area contributed by atoms with Crippen LogP contribution in [0.5, 0.6) is 11.5 Å². The number of nitrogen functional groups attached to an aromatic ring is 1. The normalized spacial score (nSPS) is 11.4. The molecule has 0 aliphatic heterocycles. The maximum Gasteiger partial charge on any atom is 0.416 e. The predicted molar refractivity (Wildman–Crippen MR) is 108 cm³/mol. The van der Waals surface area contributed by atoms with Crippen LogP contribution in [-0.4, -0.2) is 5.97 Å². The molecular weight excluding hydrogens is 395 g/mol. The van der Waals surface area contributed by atoms with Gasteiger partial charge in [-0.15, -0.1) is 0 Å². The smallest absolute Gasteiger partial charge is 0.416 e. The fourth-order valence-corrected chi connectivity index (χ4v) is 2.59. The van der Waals surface area contributed by atoms with Crippen molar-refractivity contribution in [1.29, 1.82) is 0 Å². The van der Waals surface area contributed by atoms with Gasteiger partial charge in [-0.25, -0.2) is 4.79 Å². The molecule has 30 heavy (non-hydrogen) atoms. The molecule has 0 fully saturated rings. The van der Waals surface area contributed by atoms with Crippen molar-refractivity contribution in [3.8, 4) is 11.5 Å². The Morgan fingerprint density at radius 2 is 1.70 bits per heavy atom. The van der Waals surface area contributed by atoms with Crippen LogP contribution in [0.15, 0.2) is 78.9 Å². The summed E-state index contributed by atoms with van der Waals surface area (Å²) in [5.41, 5.74) is 6.74. The number of rotatable bonds is 6. The van der Waals surface area contributed by atoms with Crippen LogP contribution in [-0.2, 0) is 22.3 Å². The van der Waals surface area contributed by atoms with Crippen molar-refractivity contribution in [1.82, 2.24) is 0 Å². The van der Waals surface area contributed by atoms with E-state index in [1.807, 2.05) is 30.3 Å². The highest BCUT2D eigenvalue weighted by molar-refractivity contribution is 5.88. The summed E-state index contributed by atoms with van der Waals surface area (Å²) in [6.45, 7) is 0.137. The Morgan fingerprint density at radius 3 is 2.43 bits per heavy atom. The van der Waals surface area contributed by atoms with Crippen molar-refractivity contribution < 1.29 is 27.4 Å². The van der Waals surface area contributed by atoms with E-state index >= 15 is 0 Å². The molecule has 0 saturated heterocycles. The number of nitrogens with two attached hydrogens (primary N) is 1. The quantitative estimate of drug-likeness (QED) is 0.313. The molecule has 0 unspecified atom stereocenters. The Labute approximate surface area is 171 Å². The first-order valence-electron chi connectivity index (χ1n) is 8.95. The van der Waals surface area contributed by atoms with E-state index in [0.717, 1.165) is 17.7 Å². The second-order valence-electron chi connectivity index (χ2n) is 6.31. The third kappa shape index (κ3) is 5.64. The molecule has 0 atom stereocenters. The maximum absolute atomic E-state index is 12.9.